The number of benzene rings is 2. The Kier molecular flexibility index (Phi) is 7.84. The molecule has 174 valence electrons. The van der Waals surface area contributed by atoms with Crippen molar-refractivity contribution in [3.05, 3.63) is 71.9 Å². The van der Waals surface area contributed by atoms with Crippen LogP contribution in [0.1, 0.15) is 25.0 Å². The Bertz CT molecular complexity index is 1110. The Morgan fingerprint density at radius 3 is 2.27 bits per heavy atom. The van der Waals surface area contributed by atoms with Crippen LogP contribution in [-0.4, -0.2) is 46.0 Å². The number of fused-ring (bicyclic) bond motifs is 1. The topological polar surface area (TPSA) is 137 Å². The van der Waals surface area contributed by atoms with Crippen molar-refractivity contribution < 1.29 is 19.5 Å². The highest BCUT2D eigenvalue weighted by molar-refractivity contribution is 5.92. The number of nitrogens with one attached hydrogen (secondary N) is 3. The molecule has 3 aromatic rings. The van der Waals surface area contributed by atoms with Crippen LogP contribution in [0.5, 0.6) is 0 Å². The van der Waals surface area contributed by atoms with Gasteiger partial charge in [-0.15, -0.1) is 0 Å². The molecule has 0 radical (unpaired) electrons. The minimum Gasteiger partial charge on any atom is -0.480 e. The van der Waals surface area contributed by atoms with Gasteiger partial charge in [-0.05, 0) is 29.5 Å². The van der Waals surface area contributed by atoms with Crippen molar-refractivity contribution in [3.63, 3.8) is 0 Å². The Morgan fingerprint density at radius 1 is 0.939 bits per heavy atom. The number of nitrogens with two attached hydrogens (primary N) is 1. The van der Waals surface area contributed by atoms with E-state index in [9.17, 15) is 19.5 Å². The van der Waals surface area contributed by atoms with Gasteiger partial charge in [0.2, 0.25) is 11.8 Å². The fourth-order valence-electron chi connectivity index (χ4n) is 3.74. The Balaban J connectivity index is 1.67. The Morgan fingerprint density at radius 2 is 1.61 bits per heavy atom. The third-order valence-electron chi connectivity index (χ3n) is 5.60. The molecule has 0 unspecified atom stereocenters. The average molecular weight is 451 g/mol. The normalized spacial score (nSPS) is 13.9. The summed E-state index contributed by atoms with van der Waals surface area (Å²) >= 11 is 0. The summed E-state index contributed by atoms with van der Waals surface area (Å²) in [6, 6.07) is 14.0. The molecule has 0 spiro atoms. The van der Waals surface area contributed by atoms with E-state index in [0.29, 0.717) is 6.42 Å². The highest BCUT2D eigenvalue weighted by Gasteiger charge is 2.30. The van der Waals surface area contributed by atoms with Crippen molar-refractivity contribution in [2.24, 2.45) is 11.7 Å². The molecule has 0 saturated carbocycles. The smallest absolute Gasteiger partial charge is 0.326 e. The first kappa shape index (κ1) is 24.0. The highest BCUT2D eigenvalue weighted by atomic mass is 16.4. The zero-order valence-corrected chi connectivity index (χ0v) is 18.7. The van der Waals surface area contributed by atoms with Crippen LogP contribution in [0.15, 0.2) is 60.8 Å². The van der Waals surface area contributed by atoms with Crippen LogP contribution in [-0.2, 0) is 27.2 Å². The molecule has 8 nitrogen and oxygen atoms in total. The number of carboxylic acid groups (broad SMARTS) is 1. The highest BCUT2D eigenvalue weighted by Crippen LogP contribution is 2.19. The molecule has 2 aromatic carbocycles. The first-order chi connectivity index (χ1) is 15.8. The second-order valence-electron chi connectivity index (χ2n) is 8.49. The molecule has 0 aliphatic rings. The summed E-state index contributed by atoms with van der Waals surface area (Å²) in [4.78, 5) is 40.6. The van der Waals surface area contributed by atoms with E-state index in [-0.39, 0.29) is 12.3 Å². The van der Waals surface area contributed by atoms with E-state index in [1.165, 1.54) is 0 Å². The number of carbonyl (C=O) groups is 3. The molecule has 3 rings (SSSR count). The molecule has 0 bridgehead atoms. The summed E-state index contributed by atoms with van der Waals surface area (Å²) < 4.78 is 0. The fourth-order valence-corrected chi connectivity index (χ4v) is 3.74. The lowest BCUT2D eigenvalue weighted by Gasteiger charge is -2.25. The minimum absolute atomic E-state index is 0.109. The molecule has 1 aromatic heterocycles. The summed E-state index contributed by atoms with van der Waals surface area (Å²) in [5.41, 5.74) is 8.64. The van der Waals surface area contributed by atoms with E-state index in [1.54, 1.807) is 20.0 Å². The number of rotatable bonds is 10. The number of carboxylic acids is 1. The Labute approximate surface area is 192 Å². The van der Waals surface area contributed by atoms with E-state index >= 15 is 0 Å². The van der Waals surface area contributed by atoms with E-state index < -0.39 is 35.9 Å². The van der Waals surface area contributed by atoms with Crippen molar-refractivity contribution in [2.45, 2.75) is 44.8 Å². The van der Waals surface area contributed by atoms with Crippen LogP contribution in [0.2, 0.25) is 0 Å². The van der Waals surface area contributed by atoms with Crippen molar-refractivity contribution in [1.29, 1.82) is 0 Å². The van der Waals surface area contributed by atoms with Crippen LogP contribution in [0.3, 0.4) is 0 Å². The molecule has 3 atom stereocenters. The van der Waals surface area contributed by atoms with Gasteiger partial charge in [-0.3, -0.25) is 9.59 Å². The SMILES string of the molecule is CC(C)[C@H](NC(=O)[C@@H](N)Cc1ccccc1)C(=O)N[C@@H](Cc1c[nH]c2ccccc12)C(=O)O. The maximum absolute atomic E-state index is 13.0. The van der Waals surface area contributed by atoms with Gasteiger partial charge < -0.3 is 26.5 Å². The molecule has 0 saturated heterocycles. The van der Waals surface area contributed by atoms with E-state index in [4.69, 9.17) is 5.73 Å². The van der Waals surface area contributed by atoms with E-state index in [2.05, 4.69) is 15.6 Å². The standard InChI is InChI=1S/C25H30N4O4/c1-15(2)22(29-23(30)19(26)12-16-8-4-3-5-9-16)24(31)28-21(25(32)33)13-17-14-27-20-11-7-6-10-18(17)20/h3-11,14-15,19,21-22,27H,12-13,26H2,1-2H3,(H,28,31)(H,29,30)(H,32,33)/t19-,21-,22-/m0/s1. The van der Waals surface area contributed by atoms with Gasteiger partial charge >= 0.3 is 5.97 Å². The number of aliphatic carboxylic acids is 1. The van der Waals surface area contributed by atoms with Crippen LogP contribution in [0.4, 0.5) is 0 Å². The van der Waals surface area contributed by atoms with E-state index in [0.717, 1.165) is 22.0 Å². The fraction of sp³-hybridized carbons (Fsp3) is 0.320. The maximum atomic E-state index is 13.0. The molecule has 0 fully saturated rings. The zero-order valence-electron chi connectivity index (χ0n) is 18.7. The van der Waals surface area contributed by atoms with Gasteiger partial charge in [0.1, 0.15) is 12.1 Å². The molecule has 33 heavy (non-hydrogen) atoms. The van der Waals surface area contributed by atoms with Gasteiger partial charge in [0.05, 0.1) is 6.04 Å². The van der Waals surface area contributed by atoms with Gasteiger partial charge in [0.15, 0.2) is 0 Å². The number of amides is 2. The molecule has 6 N–H and O–H groups in total. The molecular formula is C25H30N4O4. The second-order valence-corrected chi connectivity index (χ2v) is 8.49. The second kappa shape index (κ2) is 10.8. The lowest BCUT2D eigenvalue weighted by molar-refractivity contribution is -0.142. The number of aromatic amines is 1. The molecule has 8 heteroatoms. The number of carbonyl (C=O) groups excluding carboxylic acids is 2. The van der Waals surface area contributed by atoms with Crippen LogP contribution < -0.4 is 16.4 Å². The van der Waals surface area contributed by atoms with Gasteiger partial charge in [0, 0.05) is 23.5 Å². The predicted octanol–water partition coefficient (Wildman–Crippen LogP) is 1.99. The first-order valence-corrected chi connectivity index (χ1v) is 10.9. The molecule has 0 aliphatic carbocycles. The average Bonchev–Trinajstić information content (AvgIpc) is 3.20. The van der Waals surface area contributed by atoms with Crippen molar-refractivity contribution in [1.82, 2.24) is 15.6 Å². The van der Waals surface area contributed by atoms with Gasteiger partial charge in [-0.25, -0.2) is 4.79 Å². The van der Waals surface area contributed by atoms with Crippen molar-refractivity contribution in [2.75, 3.05) is 0 Å². The number of hydrogen-bond donors (Lipinski definition) is 5. The summed E-state index contributed by atoms with van der Waals surface area (Å²) in [6.45, 7) is 3.56. The summed E-state index contributed by atoms with van der Waals surface area (Å²) in [7, 11) is 0. The monoisotopic (exact) mass is 450 g/mol. The van der Waals surface area contributed by atoms with Crippen molar-refractivity contribution in [3.8, 4) is 0 Å². The van der Waals surface area contributed by atoms with Gasteiger partial charge in [0.25, 0.3) is 0 Å². The van der Waals surface area contributed by atoms with Crippen molar-refractivity contribution >= 4 is 28.7 Å². The molecule has 0 aliphatic heterocycles. The summed E-state index contributed by atoms with van der Waals surface area (Å²) in [6.07, 6.45) is 2.19. The van der Waals surface area contributed by atoms with Gasteiger partial charge in [-0.1, -0.05) is 62.4 Å². The number of aromatic nitrogens is 1. The number of H-pyrrole nitrogens is 1. The third kappa shape index (κ3) is 6.20. The van der Waals surface area contributed by atoms with Gasteiger partial charge in [-0.2, -0.15) is 0 Å². The number of hydrogen-bond acceptors (Lipinski definition) is 4. The third-order valence-corrected chi connectivity index (χ3v) is 5.60. The molecular weight excluding hydrogens is 420 g/mol. The largest absolute Gasteiger partial charge is 0.480 e. The maximum Gasteiger partial charge on any atom is 0.326 e. The minimum atomic E-state index is -1.15. The first-order valence-electron chi connectivity index (χ1n) is 10.9. The number of para-hydroxylation sites is 1. The lowest BCUT2D eigenvalue weighted by Crippen LogP contribution is -2.56. The quantitative estimate of drug-likeness (QED) is 0.322. The Hall–Kier alpha value is -3.65. The van der Waals surface area contributed by atoms with E-state index in [1.807, 2.05) is 54.6 Å². The molecule has 1 heterocycles. The molecule has 2 amide bonds. The predicted molar refractivity (Wildman–Crippen MR) is 126 cm³/mol. The van der Waals surface area contributed by atoms with Crippen LogP contribution in [0.25, 0.3) is 10.9 Å². The lowest BCUT2D eigenvalue weighted by atomic mass is 10.00. The van der Waals surface area contributed by atoms with Crippen LogP contribution in [0, 0.1) is 5.92 Å². The zero-order chi connectivity index (χ0) is 24.0. The summed E-state index contributed by atoms with van der Waals surface area (Å²) in [5.74, 6) is -2.43. The van der Waals surface area contributed by atoms with Crippen LogP contribution >= 0.6 is 0 Å². The summed E-state index contributed by atoms with van der Waals surface area (Å²) in [5, 5.41) is 15.9.